The van der Waals surface area contributed by atoms with E-state index in [1.165, 1.54) is 53.7 Å². The number of hydrogen-bond donors (Lipinski definition) is 1. The molecule has 0 unspecified atom stereocenters. The van der Waals surface area contributed by atoms with Gasteiger partial charge in [0, 0.05) is 28.8 Å². The highest BCUT2D eigenvalue weighted by Gasteiger charge is 2.27. The van der Waals surface area contributed by atoms with Crippen LogP contribution in [0, 0.1) is 0 Å². The summed E-state index contributed by atoms with van der Waals surface area (Å²) < 4.78 is 31.7. The summed E-state index contributed by atoms with van der Waals surface area (Å²) in [7, 11) is -3.56. The van der Waals surface area contributed by atoms with Crippen molar-refractivity contribution in [2.75, 3.05) is 18.4 Å². The van der Waals surface area contributed by atoms with Crippen molar-refractivity contribution in [3.05, 3.63) is 58.1 Å². The molecule has 0 bridgehead atoms. The fraction of sp³-hybridized carbons (Fsp3) is 0.300. The molecule has 0 saturated carbocycles. The van der Waals surface area contributed by atoms with Gasteiger partial charge in [0.15, 0.2) is 6.10 Å². The Bertz CT molecular complexity index is 1030. The molecule has 160 valence electrons. The molecule has 30 heavy (non-hydrogen) atoms. The van der Waals surface area contributed by atoms with Gasteiger partial charge in [-0.2, -0.15) is 4.31 Å². The number of benzene rings is 2. The van der Waals surface area contributed by atoms with Crippen LogP contribution in [0.5, 0.6) is 0 Å². The van der Waals surface area contributed by atoms with Crippen LogP contribution in [0.2, 0.25) is 10.0 Å². The monoisotopic (exact) mass is 470 g/mol. The van der Waals surface area contributed by atoms with Crippen molar-refractivity contribution in [2.24, 2.45) is 0 Å². The number of nitrogens with zero attached hydrogens (tertiary/aromatic N) is 1. The van der Waals surface area contributed by atoms with Crippen molar-refractivity contribution < 1.29 is 22.7 Å². The maximum Gasteiger partial charge on any atom is 0.338 e. The number of sulfonamides is 1. The minimum absolute atomic E-state index is 0.115. The Kier molecular flexibility index (Phi) is 7.02. The number of carbonyl (C=O) groups is 2. The molecule has 0 aliphatic carbocycles. The molecule has 1 saturated heterocycles. The first-order chi connectivity index (χ1) is 14.2. The number of amides is 1. The zero-order valence-electron chi connectivity index (χ0n) is 16.1. The Labute approximate surface area is 185 Å². The zero-order chi connectivity index (χ0) is 21.9. The Morgan fingerprint density at radius 3 is 2.17 bits per heavy atom. The normalized spacial score (nSPS) is 15.6. The Morgan fingerprint density at radius 1 is 1.03 bits per heavy atom. The van der Waals surface area contributed by atoms with Crippen molar-refractivity contribution in [1.82, 2.24) is 4.31 Å². The summed E-state index contributed by atoms with van der Waals surface area (Å²) in [5, 5.41) is 3.28. The van der Waals surface area contributed by atoms with Crippen LogP contribution in [0.15, 0.2) is 47.4 Å². The first-order valence-electron chi connectivity index (χ1n) is 9.25. The van der Waals surface area contributed by atoms with Gasteiger partial charge in [-0.1, -0.05) is 23.2 Å². The summed E-state index contributed by atoms with van der Waals surface area (Å²) in [5.74, 6) is -1.30. The first-order valence-corrected chi connectivity index (χ1v) is 11.4. The fourth-order valence-corrected chi connectivity index (χ4v) is 5.04. The highest BCUT2D eigenvalue weighted by atomic mass is 35.5. The topological polar surface area (TPSA) is 92.8 Å². The van der Waals surface area contributed by atoms with Gasteiger partial charge in [-0.3, -0.25) is 4.79 Å². The highest BCUT2D eigenvalue weighted by Crippen LogP contribution is 2.23. The van der Waals surface area contributed by atoms with E-state index in [9.17, 15) is 18.0 Å². The molecule has 7 nitrogen and oxygen atoms in total. The molecular formula is C20H20Cl2N2O5S. The predicted molar refractivity (Wildman–Crippen MR) is 114 cm³/mol. The molecule has 2 aromatic rings. The maximum absolute atomic E-state index is 12.5. The number of ether oxygens (including phenoxy) is 1. The van der Waals surface area contributed by atoms with E-state index in [4.69, 9.17) is 27.9 Å². The second-order valence-corrected chi connectivity index (χ2v) is 9.64. The number of rotatable bonds is 6. The van der Waals surface area contributed by atoms with Crippen LogP contribution in [-0.4, -0.2) is 43.8 Å². The van der Waals surface area contributed by atoms with Gasteiger partial charge in [0.1, 0.15) is 0 Å². The van der Waals surface area contributed by atoms with Gasteiger partial charge in [0.05, 0.1) is 10.5 Å². The molecule has 1 amide bonds. The standard InChI is InChI=1S/C20H20Cl2N2O5S/c1-13(19(25)23-17-11-15(21)10-16(22)12-17)29-20(26)14-4-6-18(7-5-14)30(27,28)24-8-2-3-9-24/h4-7,10-13H,2-3,8-9H2,1H3,(H,23,25)/t13-/m1/s1. The molecule has 1 fully saturated rings. The van der Waals surface area contributed by atoms with Crippen molar-refractivity contribution >= 4 is 50.8 Å². The quantitative estimate of drug-likeness (QED) is 0.644. The van der Waals surface area contributed by atoms with Gasteiger partial charge in [0.25, 0.3) is 5.91 Å². The van der Waals surface area contributed by atoms with Crippen molar-refractivity contribution in [2.45, 2.75) is 30.8 Å². The molecule has 10 heteroatoms. The van der Waals surface area contributed by atoms with E-state index in [-0.39, 0.29) is 10.5 Å². The lowest BCUT2D eigenvalue weighted by Crippen LogP contribution is -2.30. The number of nitrogens with one attached hydrogen (secondary N) is 1. The molecule has 1 N–H and O–H groups in total. The average molecular weight is 471 g/mol. The maximum atomic E-state index is 12.5. The van der Waals surface area contributed by atoms with E-state index in [1.54, 1.807) is 0 Å². The molecule has 2 aromatic carbocycles. The summed E-state index contributed by atoms with van der Waals surface area (Å²) >= 11 is 11.8. The molecule has 0 aromatic heterocycles. The Morgan fingerprint density at radius 2 is 1.60 bits per heavy atom. The van der Waals surface area contributed by atoms with Crippen molar-refractivity contribution in [1.29, 1.82) is 0 Å². The van der Waals surface area contributed by atoms with Crippen molar-refractivity contribution in [3.63, 3.8) is 0 Å². The second-order valence-electron chi connectivity index (χ2n) is 6.83. The van der Waals surface area contributed by atoms with Gasteiger partial charge in [0.2, 0.25) is 10.0 Å². The van der Waals surface area contributed by atoms with Crippen LogP contribution in [0.4, 0.5) is 5.69 Å². The summed E-state index contributed by atoms with van der Waals surface area (Å²) in [6.45, 7) is 2.42. The zero-order valence-corrected chi connectivity index (χ0v) is 18.4. The van der Waals surface area contributed by atoms with Crippen LogP contribution in [-0.2, 0) is 19.6 Å². The average Bonchev–Trinajstić information content (AvgIpc) is 3.23. The van der Waals surface area contributed by atoms with Crippen LogP contribution in [0.25, 0.3) is 0 Å². The molecule has 1 aliphatic rings. The minimum Gasteiger partial charge on any atom is -0.449 e. The van der Waals surface area contributed by atoms with E-state index in [0.29, 0.717) is 28.8 Å². The molecule has 1 heterocycles. The van der Waals surface area contributed by atoms with E-state index >= 15 is 0 Å². The molecular weight excluding hydrogens is 451 g/mol. The van der Waals surface area contributed by atoms with Gasteiger partial charge in [-0.05, 0) is 62.2 Å². The van der Waals surface area contributed by atoms with Crippen LogP contribution in [0.1, 0.15) is 30.1 Å². The highest BCUT2D eigenvalue weighted by molar-refractivity contribution is 7.89. The molecule has 1 aliphatic heterocycles. The fourth-order valence-electron chi connectivity index (χ4n) is 2.99. The van der Waals surface area contributed by atoms with Gasteiger partial charge in [-0.25, -0.2) is 13.2 Å². The largest absolute Gasteiger partial charge is 0.449 e. The lowest BCUT2D eigenvalue weighted by Gasteiger charge is -2.16. The van der Waals surface area contributed by atoms with E-state index in [2.05, 4.69) is 5.32 Å². The third-order valence-corrected chi connectivity index (χ3v) is 6.93. The summed E-state index contributed by atoms with van der Waals surface area (Å²) in [4.78, 5) is 24.7. The molecule has 3 rings (SSSR count). The van der Waals surface area contributed by atoms with Crippen LogP contribution < -0.4 is 5.32 Å². The molecule has 1 atom stereocenters. The molecule has 0 spiro atoms. The number of esters is 1. The van der Waals surface area contributed by atoms with Crippen LogP contribution in [0.3, 0.4) is 0 Å². The summed E-state index contributed by atoms with van der Waals surface area (Å²) in [6, 6.07) is 10.0. The lowest BCUT2D eigenvalue weighted by atomic mass is 10.2. The summed E-state index contributed by atoms with van der Waals surface area (Å²) in [5.41, 5.74) is 0.512. The number of halogens is 2. The van der Waals surface area contributed by atoms with Crippen molar-refractivity contribution in [3.8, 4) is 0 Å². The predicted octanol–water partition coefficient (Wildman–Crippen LogP) is 3.96. The van der Waals surface area contributed by atoms with Gasteiger partial charge < -0.3 is 10.1 Å². The van der Waals surface area contributed by atoms with Gasteiger partial charge >= 0.3 is 5.97 Å². The first kappa shape index (κ1) is 22.6. The minimum atomic E-state index is -3.56. The SMILES string of the molecule is C[C@@H](OC(=O)c1ccc(S(=O)(=O)N2CCCC2)cc1)C(=O)Nc1cc(Cl)cc(Cl)c1. The van der Waals surface area contributed by atoms with E-state index < -0.39 is 28.0 Å². The third-order valence-electron chi connectivity index (χ3n) is 4.58. The Hall–Kier alpha value is -2.13. The van der Waals surface area contributed by atoms with E-state index in [0.717, 1.165) is 12.8 Å². The lowest BCUT2D eigenvalue weighted by molar-refractivity contribution is -0.123. The third kappa shape index (κ3) is 5.31. The smallest absolute Gasteiger partial charge is 0.338 e. The number of hydrogen-bond acceptors (Lipinski definition) is 5. The van der Waals surface area contributed by atoms with E-state index in [1.807, 2.05) is 0 Å². The van der Waals surface area contributed by atoms with Crippen LogP contribution >= 0.6 is 23.2 Å². The molecule has 0 radical (unpaired) electrons. The Balaban J connectivity index is 1.63. The van der Waals surface area contributed by atoms with Gasteiger partial charge in [-0.15, -0.1) is 0 Å². The number of anilines is 1. The summed E-state index contributed by atoms with van der Waals surface area (Å²) in [6.07, 6.45) is 0.582. The number of carbonyl (C=O) groups excluding carboxylic acids is 2. The second kappa shape index (κ2) is 9.34.